The molecule has 7 rings (SSSR count). The molecule has 0 aromatic heterocycles. The Morgan fingerprint density at radius 1 is 0.686 bits per heavy atom. The van der Waals surface area contributed by atoms with E-state index in [4.69, 9.17) is 0 Å². The summed E-state index contributed by atoms with van der Waals surface area (Å²) in [6.07, 6.45) is 6.48. The molecule has 0 N–H and O–H groups in total. The highest BCUT2D eigenvalue weighted by molar-refractivity contribution is 6.26. The SMILES string of the molecule is C=CC1=C(/C=C\C)c2cc3c(cc2C1(C)C)-c1c(cc2ccc4cccc5ccc1c2c45)C3(C)C. The number of fused-ring (bicyclic) bond motifs is 5. The van der Waals surface area contributed by atoms with E-state index in [2.05, 4.69) is 120 Å². The van der Waals surface area contributed by atoms with Crippen molar-refractivity contribution in [3.8, 4) is 11.1 Å². The molecular weight excluding hydrogens is 420 g/mol. The summed E-state index contributed by atoms with van der Waals surface area (Å²) in [5.74, 6) is 0. The fraction of sp³-hybridized carbons (Fsp3) is 0.200. The highest BCUT2D eigenvalue weighted by atomic mass is 14.4. The van der Waals surface area contributed by atoms with Crippen LogP contribution in [0.15, 0.2) is 91.0 Å². The van der Waals surface area contributed by atoms with Crippen LogP contribution >= 0.6 is 0 Å². The molecule has 2 aliphatic carbocycles. The van der Waals surface area contributed by atoms with Crippen LogP contribution in [0.1, 0.15) is 56.9 Å². The van der Waals surface area contributed by atoms with Crippen molar-refractivity contribution in [1.29, 1.82) is 0 Å². The van der Waals surface area contributed by atoms with Gasteiger partial charge < -0.3 is 0 Å². The zero-order valence-corrected chi connectivity index (χ0v) is 21.2. The number of hydrogen-bond donors (Lipinski definition) is 0. The van der Waals surface area contributed by atoms with Crippen molar-refractivity contribution >= 4 is 37.9 Å². The summed E-state index contributed by atoms with van der Waals surface area (Å²) in [6, 6.07) is 23.4. The second-order valence-corrected chi connectivity index (χ2v) is 11.4. The maximum atomic E-state index is 4.19. The lowest BCUT2D eigenvalue weighted by Crippen LogP contribution is -2.17. The first-order chi connectivity index (χ1) is 16.8. The Morgan fingerprint density at radius 2 is 1.34 bits per heavy atom. The first kappa shape index (κ1) is 20.7. The van der Waals surface area contributed by atoms with Crippen LogP contribution in [0.3, 0.4) is 0 Å². The van der Waals surface area contributed by atoms with Crippen molar-refractivity contribution in [2.75, 3.05) is 0 Å². The summed E-state index contributed by atoms with van der Waals surface area (Å²) in [4.78, 5) is 0. The van der Waals surface area contributed by atoms with Gasteiger partial charge in [-0.15, -0.1) is 0 Å². The average Bonchev–Trinajstić information content (AvgIpc) is 3.20. The monoisotopic (exact) mass is 450 g/mol. The largest absolute Gasteiger partial charge is 0.0987 e. The van der Waals surface area contributed by atoms with Crippen molar-refractivity contribution in [3.05, 3.63) is 113 Å². The van der Waals surface area contributed by atoms with Crippen LogP contribution in [0.2, 0.25) is 0 Å². The molecule has 5 aromatic carbocycles. The van der Waals surface area contributed by atoms with Crippen LogP contribution in [-0.2, 0) is 10.8 Å². The summed E-state index contributed by atoms with van der Waals surface area (Å²) >= 11 is 0. The van der Waals surface area contributed by atoms with E-state index in [1.807, 2.05) is 0 Å². The Morgan fingerprint density at radius 3 is 2.06 bits per heavy atom. The molecule has 35 heavy (non-hydrogen) atoms. The van der Waals surface area contributed by atoms with Crippen molar-refractivity contribution < 1.29 is 0 Å². The fourth-order valence-corrected chi connectivity index (χ4v) is 7.14. The minimum absolute atomic E-state index is 0.0632. The van der Waals surface area contributed by atoms with Crippen LogP contribution in [0.5, 0.6) is 0 Å². The van der Waals surface area contributed by atoms with Crippen molar-refractivity contribution in [1.82, 2.24) is 0 Å². The van der Waals surface area contributed by atoms with E-state index in [0.717, 1.165) is 0 Å². The highest BCUT2D eigenvalue weighted by Crippen LogP contribution is 2.57. The normalized spacial score (nSPS) is 17.6. The summed E-state index contributed by atoms with van der Waals surface area (Å²) < 4.78 is 0. The molecule has 0 unspecified atom stereocenters. The highest BCUT2D eigenvalue weighted by Gasteiger charge is 2.42. The van der Waals surface area contributed by atoms with Gasteiger partial charge in [-0.25, -0.2) is 0 Å². The zero-order valence-electron chi connectivity index (χ0n) is 21.2. The van der Waals surface area contributed by atoms with E-state index in [-0.39, 0.29) is 10.8 Å². The maximum Gasteiger partial charge on any atom is 0.0159 e. The van der Waals surface area contributed by atoms with Crippen LogP contribution in [-0.4, -0.2) is 0 Å². The minimum atomic E-state index is -0.0718. The van der Waals surface area contributed by atoms with Gasteiger partial charge >= 0.3 is 0 Å². The van der Waals surface area contributed by atoms with Crippen LogP contribution < -0.4 is 0 Å². The molecule has 0 heteroatoms. The van der Waals surface area contributed by atoms with E-state index < -0.39 is 0 Å². The Labute approximate surface area is 207 Å². The third-order valence-corrected chi connectivity index (χ3v) is 8.89. The Hall–Kier alpha value is -3.64. The number of benzene rings is 5. The number of hydrogen-bond acceptors (Lipinski definition) is 0. The van der Waals surface area contributed by atoms with E-state index >= 15 is 0 Å². The number of rotatable bonds is 2. The maximum absolute atomic E-state index is 4.19. The Balaban J connectivity index is 1.63. The van der Waals surface area contributed by atoms with Gasteiger partial charge in [-0.05, 0) is 102 Å². The molecule has 2 aliphatic rings. The minimum Gasteiger partial charge on any atom is -0.0987 e. The van der Waals surface area contributed by atoms with E-state index in [1.54, 1.807) is 0 Å². The topological polar surface area (TPSA) is 0 Å². The van der Waals surface area contributed by atoms with Gasteiger partial charge in [-0.2, -0.15) is 0 Å². The first-order valence-corrected chi connectivity index (χ1v) is 12.7. The fourth-order valence-electron chi connectivity index (χ4n) is 7.14. The summed E-state index contributed by atoms with van der Waals surface area (Å²) in [5, 5.41) is 8.18. The first-order valence-electron chi connectivity index (χ1n) is 12.7. The molecule has 0 fully saturated rings. The van der Waals surface area contributed by atoms with Gasteiger partial charge in [-0.3, -0.25) is 0 Å². The zero-order chi connectivity index (χ0) is 24.3. The van der Waals surface area contributed by atoms with Gasteiger partial charge in [0, 0.05) is 10.8 Å². The molecule has 0 aliphatic heterocycles. The lowest BCUT2D eigenvalue weighted by molar-refractivity contribution is 0.647. The number of allylic oxidation sites excluding steroid dienone is 5. The van der Waals surface area contributed by atoms with E-state index in [1.165, 1.54) is 76.8 Å². The molecule has 5 aromatic rings. The van der Waals surface area contributed by atoms with Gasteiger partial charge in [0.25, 0.3) is 0 Å². The van der Waals surface area contributed by atoms with E-state index in [0.29, 0.717) is 0 Å². The Bertz CT molecular complexity index is 1780. The third-order valence-electron chi connectivity index (χ3n) is 8.89. The summed E-state index contributed by atoms with van der Waals surface area (Å²) in [5.41, 5.74) is 11.0. The molecule has 0 saturated carbocycles. The summed E-state index contributed by atoms with van der Waals surface area (Å²) in [7, 11) is 0. The molecular formula is C35H30. The predicted molar refractivity (Wildman–Crippen MR) is 153 cm³/mol. The van der Waals surface area contributed by atoms with Gasteiger partial charge in [0.05, 0.1) is 0 Å². The molecule has 0 radical (unpaired) electrons. The lowest BCUT2D eigenvalue weighted by Gasteiger charge is -2.25. The van der Waals surface area contributed by atoms with E-state index in [9.17, 15) is 0 Å². The quantitative estimate of drug-likeness (QED) is 0.235. The van der Waals surface area contributed by atoms with Gasteiger partial charge in [0.15, 0.2) is 0 Å². The molecule has 0 nitrogen and oxygen atoms in total. The lowest BCUT2D eigenvalue weighted by atomic mass is 9.78. The van der Waals surface area contributed by atoms with Crippen LogP contribution in [0, 0.1) is 0 Å². The van der Waals surface area contributed by atoms with Crippen LogP contribution in [0.25, 0.3) is 49.0 Å². The third kappa shape index (κ3) is 2.38. The van der Waals surface area contributed by atoms with Crippen molar-refractivity contribution in [2.45, 2.75) is 45.4 Å². The predicted octanol–water partition coefficient (Wildman–Crippen LogP) is 9.70. The molecule has 0 bridgehead atoms. The van der Waals surface area contributed by atoms with Gasteiger partial charge in [0.1, 0.15) is 0 Å². The standard InChI is InChI=1S/C35H30/c1-7-10-23-25-18-29-26(19-28(25)34(3,4)27(23)8-2)33-24-16-15-21-12-9-11-20-13-14-22(32(24)31(20)21)17-30(33)35(29,5)6/h7-19H,2H2,1,3-6H3/b10-7-. The molecule has 0 heterocycles. The molecule has 0 saturated heterocycles. The second kappa shape index (κ2) is 6.52. The summed E-state index contributed by atoms with van der Waals surface area (Å²) in [6.45, 7) is 15.8. The molecule has 0 amide bonds. The average molecular weight is 451 g/mol. The molecule has 0 atom stereocenters. The smallest absolute Gasteiger partial charge is 0.0159 e. The van der Waals surface area contributed by atoms with Crippen LogP contribution in [0.4, 0.5) is 0 Å². The van der Waals surface area contributed by atoms with Gasteiger partial charge in [0.2, 0.25) is 0 Å². The molecule has 170 valence electrons. The second-order valence-electron chi connectivity index (χ2n) is 11.4. The van der Waals surface area contributed by atoms with Crippen molar-refractivity contribution in [3.63, 3.8) is 0 Å². The van der Waals surface area contributed by atoms with Gasteiger partial charge in [-0.1, -0.05) is 95.0 Å². The Kier molecular flexibility index (Phi) is 3.86. The van der Waals surface area contributed by atoms with Crippen molar-refractivity contribution in [2.24, 2.45) is 0 Å². The molecule has 0 spiro atoms.